The number of alkyl halides is 1. The molecule has 0 spiro atoms. The van der Waals surface area contributed by atoms with Gasteiger partial charge >= 0.3 is 0 Å². The monoisotopic (exact) mass is 235 g/mol. The van der Waals surface area contributed by atoms with Crippen molar-refractivity contribution >= 4 is 12.4 Å². The number of hydrogen-bond acceptors (Lipinski definition) is 4. The molecule has 6 heteroatoms. The second-order valence-corrected chi connectivity index (χ2v) is 3.64. The molecule has 1 aromatic rings. The molecule has 2 heterocycles. The van der Waals surface area contributed by atoms with E-state index in [0.29, 0.717) is 26.1 Å². The van der Waals surface area contributed by atoms with E-state index in [1.54, 1.807) is 6.07 Å². The minimum atomic E-state index is -0.754. The zero-order valence-corrected chi connectivity index (χ0v) is 9.12. The van der Waals surface area contributed by atoms with Crippen molar-refractivity contribution in [1.82, 2.24) is 10.1 Å². The van der Waals surface area contributed by atoms with Crippen LogP contribution in [-0.2, 0) is 6.54 Å². The molecule has 1 aliphatic rings. The van der Waals surface area contributed by atoms with Crippen LogP contribution in [0.4, 0.5) is 4.39 Å². The van der Waals surface area contributed by atoms with E-state index in [4.69, 9.17) is 10.3 Å². The summed E-state index contributed by atoms with van der Waals surface area (Å²) in [5.41, 5.74) is 6.39. The SMILES string of the molecule is Cl.NC[C@@H]1C[C@@H](F)CN1Cc1ccon1. The molecule has 0 amide bonds. The predicted octanol–water partition coefficient (Wildman–Crippen LogP) is 0.968. The minimum absolute atomic E-state index is 0. The molecule has 2 N–H and O–H groups in total. The maximum Gasteiger partial charge on any atom is 0.124 e. The fourth-order valence-corrected chi connectivity index (χ4v) is 1.89. The first-order valence-corrected chi connectivity index (χ1v) is 4.77. The lowest BCUT2D eigenvalue weighted by Gasteiger charge is -2.20. The van der Waals surface area contributed by atoms with E-state index in [0.717, 1.165) is 5.69 Å². The average Bonchev–Trinajstić information content (AvgIpc) is 2.76. The van der Waals surface area contributed by atoms with Gasteiger partial charge in [-0.25, -0.2) is 4.39 Å². The lowest BCUT2D eigenvalue weighted by atomic mass is 10.2. The van der Waals surface area contributed by atoms with Gasteiger partial charge in [0.1, 0.15) is 12.4 Å². The molecule has 15 heavy (non-hydrogen) atoms. The Balaban J connectivity index is 0.00000112. The maximum atomic E-state index is 13.1. The molecule has 1 fully saturated rings. The Bertz CT molecular complexity index is 283. The molecular formula is C9H15ClFN3O. The van der Waals surface area contributed by atoms with Crippen molar-refractivity contribution in [1.29, 1.82) is 0 Å². The molecule has 1 aliphatic heterocycles. The smallest absolute Gasteiger partial charge is 0.124 e. The van der Waals surface area contributed by atoms with E-state index >= 15 is 0 Å². The van der Waals surface area contributed by atoms with Crippen molar-refractivity contribution in [3.63, 3.8) is 0 Å². The highest BCUT2D eigenvalue weighted by molar-refractivity contribution is 5.85. The van der Waals surface area contributed by atoms with Crippen LogP contribution < -0.4 is 5.73 Å². The number of nitrogens with zero attached hydrogens (tertiary/aromatic N) is 2. The van der Waals surface area contributed by atoms with Crippen LogP contribution in [0.3, 0.4) is 0 Å². The van der Waals surface area contributed by atoms with Gasteiger partial charge in [-0.2, -0.15) is 0 Å². The van der Waals surface area contributed by atoms with Gasteiger partial charge in [0, 0.05) is 31.7 Å². The number of hydrogen-bond donors (Lipinski definition) is 1. The van der Waals surface area contributed by atoms with Crippen molar-refractivity contribution in [2.45, 2.75) is 25.2 Å². The van der Waals surface area contributed by atoms with E-state index in [2.05, 4.69) is 5.16 Å². The van der Waals surface area contributed by atoms with Crippen LogP contribution in [-0.4, -0.2) is 35.4 Å². The summed E-state index contributed by atoms with van der Waals surface area (Å²) in [6.07, 6.45) is 1.31. The summed E-state index contributed by atoms with van der Waals surface area (Å²) in [5.74, 6) is 0. The van der Waals surface area contributed by atoms with Crippen LogP contribution in [0.25, 0.3) is 0 Å². The summed E-state index contributed by atoms with van der Waals surface area (Å²) in [6.45, 7) is 1.58. The van der Waals surface area contributed by atoms with Crippen LogP contribution >= 0.6 is 12.4 Å². The second kappa shape index (κ2) is 5.44. The first kappa shape index (κ1) is 12.4. The van der Waals surface area contributed by atoms with Gasteiger partial charge in [0.05, 0.1) is 5.69 Å². The van der Waals surface area contributed by atoms with Gasteiger partial charge in [-0.1, -0.05) is 5.16 Å². The number of rotatable bonds is 3. The summed E-state index contributed by atoms with van der Waals surface area (Å²) < 4.78 is 17.8. The Kier molecular flexibility index (Phi) is 4.50. The fourth-order valence-electron chi connectivity index (χ4n) is 1.89. The van der Waals surface area contributed by atoms with E-state index in [1.807, 2.05) is 4.90 Å². The Morgan fingerprint density at radius 3 is 3.07 bits per heavy atom. The summed E-state index contributed by atoms with van der Waals surface area (Å²) >= 11 is 0. The maximum absolute atomic E-state index is 13.1. The molecule has 0 saturated carbocycles. The average molecular weight is 236 g/mol. The normalized spacial score (nSPS) is 26.5. The molecule has 1 aromatic heterocycles. The molecule has 0 aromatic carbocycles. The van der Waals surface area contributed by atoms with E-state index in [-0.39, 0.29) is 18.4 Å². The van der Waals surface area contributed by atoms with Crippen molar-refractivity contribution in [2.75, 3.05) is 13.1 Å². The quantitative estimate of drug-likeness (QED) is 0.848. The summed E-state index contributed by atoms with van der Waals surface area (Å²) in [5, 5.41) is 3.79. The second-order valence-electron chi connectivity index (χ2n) is 3.64. The van der Waals surface area contributed by atoms with Gasteiger partial charge < -0.3 is 10.3 Å². The molecule has 1 saturated heterocycles. The van der Waals surface area contributed by atoms with Gasteiger partial charge in [-0.3, -0.25) is 4.90 Å². The van der Waals surface area contributed by atoms with Gasteiger partial charge in [0.25, 0.3) is 0 Å². The minimum Gasteiger partial charge on any atom is -0.364 e. The summed E-state index contributed by atoms with van der Waals surface area (Å²) in [4.78, 5) is 2.02. The molecule has 0 radical (unpaired) electrons. The van der Waals surface area contributed by atoms with Gasteiger partial charge in [0.2, 0.25) is 0 Å². The summed E-state index contributed by atoms with van der Waals surface area (Å²) in [6, 6.07) is 1.93. The Labute approximate surface area is 94.0 Å². The zero-order chi connectivity index (χ0) is 9.97. The lowest BCUT2D eigenvalue weighted by molar-refractivity contribution is 0.231. The number of nitrogens with two attached hydrogens (primary N) is 1. The van der Waals surface area contributed by atoms with Crippen LogP contribution in [0, 0.1) is 0 Å². The molecule has 0 bridgehead atoms. The van der Waals surface area contributed by atoms with E-state index in [1.165, 1.54) is 6.26 Å². The van der Waals surface area contributed by atoms with Crippen LogP contribution in [0.15, 0.2) is 16.9 Å². The Hall–Kier alpha value is -0.650. The lowest BCUT2D eigenvalue weighted by Crippen LogP contribution is -2.34. The van der Waals surface area contributed by atoms with Crippen molar-refractivity contribution in [2.24, 2.45) is 5.73 Å². The largest absolute Gasteiger partial charge is 0.364 e. The zero-order valence-electron chi connectivity index (χ0n) is 8.30. The summed E-state index contributed by atoms with van der Waals surface area (Å²) in [7, 11) is 0. The highest BCUT2D eigenvalue weighted by atomic mass is 35.5. The first-order valence-electron chi connectivity index (χ1n) is 4.77. The molecule has 0 unspecified atom stereocenters. The van der Waals surface area contributed by atoms with Crippen LogP contribution in [0.5, 0.6) is 0 Å². The van der Waals surface area contributed by atoms with Crippen LogP contribution in [0.2, 0.25) is 0 Å². The topological polar surface area (TPSA) is 55.3 Å². The molecule has 4 nitrogen and oxygen atoms in total. The highest BCUT2D eigenvalue weighted by Crippen LogP contribution is 2.21. The third-order valence-electron chi connectivity index (χ3n) is 2.61. The first-order chi connectivity index (χ1) is 6.79. The Morgan fingerprint density at radius 1 is 1.67 bits per heavy atom. The fraction of sp³-hybridized carbons (Fsp3) is 0.667. The predicted molar refractivity (Wildman–Crippen MR) is 56.5 cm³/mol. The molecular weight excluding hydrogens is 221 g/mol. The third kappa shape index (κ3) is 2.90. The molecule has 2 atom stereocenters. The molecule has 86 valence electrons. The number of likely N-dealkylation sites (tertiary alicyclic amines) is 1. The molecule has 2 rings (SSSR count). The number of aromatic nitrogens is 1. The van der Waals surface area contributed by atoms with Gasteiger partial charge in [0.15, 0.2) is 0 Å². The van der Waals surface area contributed by atoms with Gasteiger partial charge in [-0.15, -0.1) is 12.4 Å². The van der Waals surface area contributed by atoms with Crippen molar-refractivity contribution < 1.29 is 8.91 Å². The molecule has 0 aliphatic carbocycles. The highest BCUT2D eigenvalue weighted by Gasteiger charge is 2.31. The van der Waals surface area contributed by atoms with Crippen molar-refractivity contribution in [3.05, 3.63) is 18.0 Å². The third-order valence-corrected chi connectivity index (χ3v) is 2.61. The van der Waals surface area contributed by atoms with Crippen LogP contribution in [0.1, 0.15) is 12.1 Å². The van der Waals surface area contributed by atoms with Crippen molar-refractivity contribution in [3.8, 4) is 0 Å². The Morgan fingerprint density at radius 2 is 2.47 bits per heavy atom. The van der Waals surface area contributed by atoms with E-state index < -0.39 is 6.17 Å². The standard InChI is InChI=1S/C9H14FN3O.ClH/c10-7-3-9(4-11)13(5-7)6-8-1-2-14-12-8;/h1-2,7,9H,3-6,11H2;1H/t7-,9+;/m1./s1. The van der Waals surface area contributed by atoms with E-state index in [9.17, 15) is 4.39 Å². The van der Waals surface area contributed by atoms with Gasteiger partial charge in [-0.05, 0) is 6.42 Å². The number of halogens is 2.